The lowest BCUT2D eigenvalue weighted by Crippen LogP contribution is -2.24. The van der Waals surface area contributed by atoms with Crippen molar-refractivity contribution in [3.63, 3.8) is 0 Å². The van der Waals surface area contributed by atoms with E-state index in [4.69, 9.17) is 4.52 Å². The third kappa shape index (κ3) is 3.52. The number of carbonyl (C=O) groups is 1. The van der Waals surface area contributed by atoms with Crippen LogP contribution in [0.3, 0.4) is 0 Å². The summed E-state index contributed by atoms with van der Waals surface area (Å²) in [5.41, 5.74) is 4.67. The summed E-state index contributed by atoms with van der Waals surface area (Å²) in [6, 6.07) is 16.3. The first-order chi connectivity index (χ1) is 12.7. The number of aromatic nitrogens is 2. The molecule has 3 aromatic rings. The number of nitrogens with one attached hydrogen (secondary N) is 1. The van der Waals surface area contributed by atoms with Gasteiger partial charge in [0.05, 0.1) is 0 Å². The van der Waals surface area contributed by atoms with Crippen LogP contribution in [0.15, 0.2) is 53.1 Å². The molecule has 1 aromatic heterocycles. The number of aryl methyl sites for hydroxylation is 2. The zero-order valence-electron chi connectivity index (χ0n) is 14.7. The summed E-state index contributed by atoms with van der Waals surface area (Å²) in [7, 11) is 0. The molecule has 0 saturated heterocycles. The van der Waals surface area contributed by atoms with Crippen LogP contribution in [0.2, 0.25) is 0 Å². The molecule has 1 amide bonds. The first kappa shape index (κ1) is 16.5. The first-order valence-electron chi connectivity index (χ1n) is 8.93. The quantitative estimate of drug-likeness (QED) is 0.763. The number of fused-ring (bicyclic) bond motifs is 1. The van der Waals surface area contributed by atoms with Crippen molar-refractivity contribution >= 4 is 5.91 Å². The fraction of sp³-hybridized carbons (Fsp3) is 0.286. The molecule has 1 heterocycles. The summed E-state index contributed by atoms with van der Waals surface area (Å²) in [6.07, 6.45) is 2.69. The molecule has 0 spiro atoms. The van der Waals surface area contributed by atoms with Gasteiger partial charge in [0.15, 0.2) is 0 Å². The van der Waals surface area contributed by atoms with Gasteiger partial charge in [-0.1, -0.05) is 53.7 Å². The van der Waals surface area contributed by atoms with Gasteiger partial charge >= 0.3 is 0 Å². The summed E-state index contributed by atoms with van der Waals surface area (Å²) in [4.78, 5) is 16.5. The Morgan fingerprint density at radius 1 is 1.19 bits per heavy atom. The van der Waals surface area contributed by atoms with Crippen LogP contribution in [-0.4, -0.2) is 16.0 Å². The Balaban J connectivity index is 1.32. The molecule has 1 N–H and O–H groups in total. The molecular formula is C21H21N3O2. The minimum Gasteiger partial charge on any atom is -0.352 e. The molecule has 4 rings (SSSR count). The van der Waals surface area contributed by atoms with Gasteiger partial charge in [0, 0.05) is 25.5 Å². The summed E-state index contributed by atoms with van der Waals surface area (Å²) in [5.74, 6) is 1.57. The zero-order chi connectivity index (χ0) is 17.9. The number of hydrogen-bond acceptors (Lipinski definition) is 4. The highest BCUT2D eigenvalue weighted by atomic mass is 16.5. The first-order valence-corrected chi connectivity index (χ1v) is 8.93. The average Bonchev–Trinajstić information content (AvgIpc) is 3.27. The predicted molar refractivity (Wildman–Crippen MR) is 98.4 cm³/mol. The molecule has 0 aliphatic heterocycles. The van der Waals surface area contributed by atoms with Crippen molar-refractivity contribution in [1.29, 1.82) is 0 Å². The molecule has 5 heteroatoms. The van der Waals surface area contributed by atoms with Crippen LogP contribution in [0.5, 0.6) is 0 Å². The Labute approximate surface area is 152 Å². The highest BCUT2D eigenvalue weighted by Gasteiger charge is 2.23. The summed E-state index contributed by atoms with van der Waals surface area (Å²) in [5, 5.41) is 6.94. The molecule has 2 aromatic carbocycles. The normalized spacial score (nSPS) is 15.7. The second kappa shape index (κ2) is 7.12. The van der Waals surface area contributed by atoms with E-state index in [1.165, 1.54) is 11.1 Å². The van der Waals surface area contributed by atoms with Crippen LogP contribution in [-0.2, 0) is 17.8 Å². The van der Waals surface area contributed by atoms with Crippen molar-refractivity contribution in [2.75, 3.05) is 0 Å². The lowest BCUT2D eigenvalue weighted by molar-refractivity contribution is -0.121. The maximum absolute atomic E-state index is 12.3. The average molecular weight is 347 g/mol. The van der Waals surface area contributed by atoms with Gasteiger partial charge in [-0.25, -0.2) is 0 Å². The Hall–Kier alpha value is -2.95. The second-order valence-corrected chi connectivity index (χ2v) is 6.75. The maximum atomic E-state index is 12.3. The molecule has 1 atom stereocenters. The van der Waals surface area contributed by atoms with E-state index in [1.54, 1.807) is 6.92 Å². The van der Waals surface area contributed by atoms with E-state index < -0.39 is 0 Å². The van der Waals surface area contributed by atoms with Crippen LogP contribution in [0.4, 0.5) is 0 Å². The predicted octanol–water partition coefficient (Wildman–Crippen LogP) is 3.78. The van der Waals surface area contributed by atoms with Crippen LogP contribution in [0.25, 0.3) is 11.4 Å². The van der Waals surface area contributed by atoms with Crippen molar-refractivity contribution in [2.45, 2.75) is 38.6 Å². The Bertz CT molecular complexity index is 915. The van der Waals surface area contributed by atoms with Crippen molar-refractivity contribution in [2.24, 2.45) is 0 Å². The number of benzene rings is 2. The van der Waals surface area contributed by atoms with Crippen molar-refractivity contribution in [1.82, 2.24) is 15.5 Å². The topological polar surface area (TPSA) is 68.0 Å². The van der Waals surface area contributed by atoms with Crippen LogP contribution in [0.1, 0.15) is 41.3 Å². The molecule has 0 fully saturated rings. The van der Waals surface area contributed by atoms with Gasteiger partial charge < -0.3 is 9.84 Å². The van der Waals surface area contributed by atoms with Crippen LogP contribution in [0, 0.1) is 6.92 Å². The van der Waals surface area contributed by atoms with E-state index in [1.807, 2.05) is 24.3 Å². The minimum absolute atomic E-state index is 0.101. The van der Waals surface area contributed by atoms with Gasteiger partial charge in [-0.2, -0.15) is 4.98 Å². The summed E-state index contributed by atoms with van der Waals surface area (Å²) in [6.45, 7) is 2.29. The molecule has 0 bridgehead atoms. The van der Waals surface area contributed by atoms with Gasteiger partial charge in [-0.15, -0.1) is 0 Å². The molecule has 0 saturated carbocycles. The molecule has 132 valence electrons. The molecule has 1 aliphatic rings. The van der Waals surface area contributed by atoms with E-state index in [0.717, 1.165) is 24.0 Å². The van der Waals surface area contributed by atoms with Crippen molar-refractivity contribution < 1.29 is 9.32 Å². The lowest BCUT2D eigenvalue weighted by atomic mass is 9.97. The molecule has 0 radical (unpaired) electrons. The standard InChI is InChI=1S/C21H21N3O2/c1-14-23-21(24-26-14)17-8-6-15(7-9-17)13-22-20(25)12-18-11-10-16-4-2-3-5-19(16)18/h2-9,18H,10-13H2,1H3,(H,22,25)/t18-/m1/s1. The Morgan fingerprint density at radius 2 is 2.00 bits per heavy atom. The molecular weight excluding hydrogens is 326 g/mol. The van der Waals surface area contributed by atoms with E-state index in [2.05, 4.69) is 39.7 Å². The van der Waals surface area contributed by atoms with E-state index in [0.29, 0.717) is 30.6 Å². The Kier molecular flexibility index (Phi) is 4.52. The zero-order valence-corrected chi connectivity index (χ0v) is 14.7. The van der Waals surface area contributed by atoms with E-state index in [9.17, 15) is 4.79 Å². The van der Waals surface area contributed by atoms with Crippen molar-refractivity contribution in [3.8, 4) is 11.4 Å². The number of rotatable bonds is 5. The molecule has 26 heavy (non-hydrogen) atoms. The van der Waals surface area contributed by atoms with Gasteiger partial charge in [0.25, 0.3) is 0 Å². The van der Waals surface area contributed by atoms with Crippen LogP contribution >= 0.6 is 0 Å². The van der Waals surface area contributed by atoms with Gasteiger partial charge in [-0.3, -0.25) is 4.79 Å². The maximum Gasteiger partial charge on any atom is 0.223 e. The third-order valence-electron chi connectivity index (χ3n) is 4.92. The minimum atomic E-state index is 0.101. The molecule has 5 nitrogen and oxygen atoms in total. The fourth-order valence-corrected chi connectivity index (χ4v) is 3.54. The van der Waals surface area contributed by atoms with Crippen molar-refractivity contribution in [3.05, 3.63) is 71.1 Å². The van der Waals surface area contributed by atoms with Gasteiger partial charge in [-0.05, 0) is 35.4 Å². The largest absolute Gasteiger partial charge is 0.352 e. The van der Waals surface area contributed by atoms with Gasteiger partial charge in [0.2, 0.25) is 17.6 Å². The van der Waals surface area contributed by atoms with E-state index >= 15 is 0 Å². The third-order valence-corrected chi connectivity index (χ3v) is 4.92. The van der Waals surface area contributed by atoms with Gasteiger partial charge in [0.1, 0.15) is 0 Å². The summed E-state index contributed by atoms with van der Waals surface area (Å²) >= 11 is 0. The SMILES string of the molecule is Cc1nc(-c2ccc(CNC(=O)C[C@H]3CCc4ccccc43)cc2)no1. The highest BCUT2D eigenvalue weighted by molar-refractivity contribution is 5.77. The smallest absolute Gasteiger partial charge is 0.223 e. The molecule has 0 unspecified atom stereocenters. The van der Waals surface area contributed by atoms with Crippen LogP contribution < -0.4 is 5.32 Å². The lowest BCUT2D eigenvalue weighted by Gasteiger charge is -2.12. The van der Waals surface area contributed by atoms with E-state index in [-0.39, 0.29) is 5.91 Å². The molecule has 1 aliphatic carbocycles. The number of nitrogens with zero attached hydrogens (tertiary/aromatic N) is 2. The Morgan fingerprint density at radius 3 is 2.77 bits per heavy atom. The monoisotopic (exact) mass is 347 g/mol. The summed E-state index contributed by atoms with van der Waals surface area (Å²) < 4.78 is 5.00. The highest BCUT2D eigenvalue weighted by Crippen LogP contribution is 2.35. The fourth-order valence-electron chi connectivity index (χ4n) is 3.54. The number of carbonyl (C=O) groups excluding carboxylic acids is 1. The second-order valence-electron chi connectivity index (χ2n) is 6.75. The number of hydrogen-bond donors (Lipinski definition) is 1. The number of amides is 1.